The smallest absolute Gasteiger partial charge is 0.852 e. The van der Waals surface area contributed by atoms with Gasteiger partial charge in [-0.25, -0.2) is 0 Å². The number of rotatable bonds is 0. The molecule has 0 unspecified atom stereocenters. The summed E-state index contributed by atoms with van der Waals surface area (Å²) in [4.78, 5) is 0. The molecule has 0 spiro atoms. The normalized spacial score (nSPS) is 6.92. The Labute approximate surface area is 178 Å². The molecule has 0 heterocycles. The third-order valence-electron chi connectivity index (χ3n) is 0. The van der Waals surface area contributed by atoms with Crippen LogP contribution in [0.1, 0.15) is 69.2 Å². The second kappa shape index (κ2) is 84.1. The first-order chi connectivity index (χ1) is 10.9. The minimum Gasteiger partial charge on any atom is -0.852 e. The number of aliphatic hydroxyl groups is 4. The predicted molar refractivity (Wildman–Crippen MR) is 114 cm³/mol. The van der Waals surface area contributed by atoms with E-state index >= 15 is 0 Å². The molecule has 0 aliphatic carbocycles. The van der Waals surface area contributed by atoms with Crippen LogP contribution in [0.3, 0.4) is 0 Å². The molecular formula is C17H49AlO7Si. The predicted octanol–water partition coefficient (Wildman–Crippen LogP) is -2.57. The van der Waals surface area contributed by atoms with E-state index in [1.807, 2.05) is 0 Å². The molecular weight excluding hydrogens is 371 g/mol. The zero-order valence-electron chi connectivity index (χ0n) is 18.2. The average molecular weight is 421 g/mol. The summed E-state index contributed by atoms with van der Waals surface area (Å²) in [5, 5.41) is 58.9. The molecule has 0 aromatic rings. The molecule has 26 heavy (non-hydrogen) atoms. The van der Waals surface area contributed by atoms with Crippen molar-refractivity contribution in [3.8, 4) is 0 Å². The topological polar surface area (TPSA) is 150 Å². The molecule has 0 bridgehead atoms. The standard InChI is InChI=1S/3C3H7O.4C2H6O.Al.H4Si/c3*1-3(2)4;4*1-2-3;;/h3*3H,1-2H3;4*3H,2H2,1H3;;1H4/q3*-1;;;;;+3;. The van der Waals surface area contributed by atoms with Crippen molar-refractivity contribution in [2.75, 3.05) is 26.4 Å². The summed E-state index contributed by atoms with van der Waals surface area (Å²) in [6.45, 7) is 17.4. The molecule has 4 N–H and O–H groups in total. The fourth-order valence-corrected chi connectivity index (χ4v) is 0. The van der Waals surface area contributed by atoms with Crippen LogP contribution in [0, 0.1) is 0 Å². The van der Waals surface area contributed by atoms with E-state index in [4.69, 9.17) is 20.4 Å². The molecule has 166 valence electrons. The molecule has 0 saturated heterocycles. The molecule has 0 aliphatic heterocycles. The van der Waals surface area contributed by atoms with Gasteiger partial charge in [0.25, 0.3) is 0 Å². The van der Waals surface area contributed by atoms with Gasteiger partial charge in [0.1, 0.15) is 0 Å². The number of aliphatic hydroxyl groups excluding tert-OH is 4. The van der Waals surface area contributed by atoms with Crippen LogP contribution < -0.4 is 15.3 Å². The van der Waals surface area contributed by atoms with Gasteiger partial charge < -0.3 is 35.7 Å². The van der Waals surface area contributed by atoms with Crippen LogP contribution in [0.4, 0.5) is 0 Å². The van der Waals surface area contributed by atoms with Gasteiger partial charge in [0, 0.05) is 26.4 Å². The summed E-state index contributed by atoms with van der Waals surface area (Å²) >= 11 is 0. The minimum atomic E-state index is -0.417. The van der Waals surface area contributed by atoms with Gasteiger partial charge in [0.2, 0.25) is 0 Å². The summed E-state index contributed by atoms with van der Waals surface area (Å²) in [5.41, 5.74) is 0. The van der Waals surface area contributed by atoms with E-state index in [1.165, 1.54) is 0 Å². The monoisotopic (exact) mass is 420 g/mol. The van der Waals surface area contributed by atoms with Crippen LogP contribution >= 0.6 is 0 Å². The van der Waals surface area contributed by atoms with Crippen LogP contribution in [0.5, 0.6) is 0 Å². The molecule has 9 heteroatoms. The van der Waals surface area contributed by atoms with Crippen LogP contribution in [0.15, 0.2) is 0 Å². The molecule has 0 aromatic carbocycles. The molecule has 0 saturated carbocycles. The van der Waals surface area contributed by atoms with Gasteiger partial charge in [-0.2, -0.15) is 0 Å². The zero-order valence-corrected chi connectivity index (χ0v) is 19.3. The van der Waals surface area contributed by atoms with E-state index in [-0.39, 0.29) is 54.8 Å². The van der Waals surface area contributed by atoms with Gasteiger partial charge in [-0.1, -0.05) is 41.5 Å². The molecule has 0 fully saturated rings. The van der Waals surface area contributed by atoms with Crippen molar-refractivity contribution < 1.29 is 35.7 Å². The minimum absolute atomic E-state index is 0. The van der Waals surface area contributed by atoms with Crippen LogP contribution in [-0.4, -0.2) is 93.5 Å². The molecule has 7 nitrogen and oxygen atoms in total. The Morgan fingerprint density at radius 3 is 0.500 bits per heavy atom. The summed E-state index contributed by atoms with van der Waals surface area (Å²) in [5.74, 6) is 0. The first kappa shape index (κ1) is 56.3. The van der Waals surface area contributed by atoms with Crippen LogP contribution in [0.2, 0.25) is 0 Å². The first-order valence-corrected chi connectivity index (χ1v) is 8.26. The van der Waals surface area contributed by atoms with E-state index in [9.17, 15) is 15.3 Å². The summed E-state index contributed by atoms with van der Waals surface area (Å²) in [6.07, 6.45) is -1.25. The molecule has 0 rings (SSSR count). The first-order valence-electron chi connectivity index (χ1n) is 8.26. The van der Waals surface area contributed by atoms with Gasteiger partial charge in [0.05, 0.1) is 0 Å². The van der Waals surface area contributed by atoms with Crippen LogP contribution in [0.25, 0.3) is 0 Å². The number of hydrogen-bond acceptors (Lipinski definition) is 7. The van der Waals surface area contributed by atoms with Crippen molar-refractivity contribution in [3.05, 3.63) is 0 Å². The molecule has 0 atom stereocenters. The van der Waals surface area contributed by atoms with Gasteiger partial charge in [-0.3, -0.25) is 0 Å². The van der Waals surface area contributed by atoms with Gasteiger partial charge >= 0.3 is 17.4 Å². The largest absolute Gasteiger partial charge is 3.00 e. The fraction of sp³-hybridized carbons (Fsp3) is 1.00. The van der Waals surface area contributed by atoms with Crippen molar-refractivity contribution >= 4 is 28.3 Å². The van der Waals surface area contributed by atoms with Crippen LogP contribution in [-0.2, 0) is 0 Å². The summed E-state index contributed by atoms with van der Waals surface area (Å²) < 4.78 is 0. The Kier molecular flexibility index (Phi) is 182. The van der Waals surface area contributed by atoms with E-state index in [0.29, 0.717) is 0 Å². The SMILES string of the molecule is CC(C)[O-].CC(C)[O-].CC(C)[O-].CCO.CCO.CCO.CCO.[Al+3].[SiH4]. The maximum absolute atomic E-state index is 9.53. The van der Waals surface area contributed by atoms with E-state index < -0.39 is 18.3 Å². The van der Waals surface area contributed by atoms with E-state index in [0.717, 1.165) is 0 Å². The fourth-order valence-electron chi connectivity index (χ4n) is 0. The quantitative estimate of drug-likeness (QED) is 0.314. The van der Waals surface area contributed by atoms with Crippen molar-refractivity contribution in [2.45, 2.75) is 87.5 Å². The van der Waals surface area contributed by atoms with E-state index in [1.54, 1.807) is 69.2 Å². The van der Waals surface area contributed by atoms with E-state index in [2.05, 4.69) is 0 Å². The van der Waals surface area contributed by atoms with Crippen molar-refractivity contribution in [3.63, 3.8) is 0 Å². The molecule has 0 aliphatic rings. The Bertz CT molecular complexity index is 92.8. The van der Waals surface area contributed by atoms with Crippen molar-refractivity contribution in [1.82, 2.24) is 0 Å². The molecule has 0 radical (unpaired) electrons. The molecule has 0 aromatic heterocycles. The third kappa shape index (κ3) is 61200. The second-order valence-electron chi connectivity index (χ2n) is 4.41. The third-order valence-corrected chi connectivity index (χ3v) is 0. The van der Waals surface area contributed by atoms with Crippen molar-refractivity contribution in [2.24, 2.45) is 0 Å². The average Bonchev–Trinajstić information content (AvgIpc) is 2.29. The second-order valence-corrected chi connectivity index (χ2v) is 4.41. The Morgan fingerprint density at radius 2 is 0.500 bits per heavy atom. The van der Waals surface area contributed by atoms with Gasteiger partial charge in [-0.05, 0) is 38.7 Å². The zero-order chi connectivity index (χ0) is 21.6. The molecule has 0 amide bonds. The Hall–Kier alpha value is 0.469. The maximum atomic E-state index is 9.53. The Balaban J connectivity index is -0.0000000184. The Morgan fingerprint density at radius 1 is 0.500 bits per heavy atom. The van der Waals surface area contributed by atoms with Crippen molar-refractivity contribution in [1.29, 1.82) is 0 Å². The number of hydrogen-bond donors (Lipinski definition) is 4. The summed E-state index contributed by atoms with van der Waals surface area (Å²) in [7, 11) is 0. The maximum Gasteiger partial charge on any atom is 3.00 e. The summed E-state index contributed by atoms with van der Waals surface area (Å²) in [6, 6.07) is 0. The van der Waals surface area contributed by atoms with Gasteiger partial charge in [0.15, 0.2) is 0 Å². The van der Waals surface area contributed by atoms with Gasteiger partial charge in [-0.15, -0.1) is 18.3 Å².